The van der Waals surface area contributed by atoms with Crippen LogP contribution in [-0.4, -0.2) is 43.3 Å². The van der Waals surface area contributed by atoms with Gasteiger partial charge in [-0.05, 0) is 77.0 Å². The van der Waals surface area contributed by atoms with E-state index in [2.05, 4.69) is 110 Å². The summed E-state index contributed by atoms with van der Waals surface area (Å²) in [5, 5.41) is 0. The van der Waals surface area contributed by atoms with Crippen LogP contribution in [0.3, 0.4) is 0 Å². The topological polar surface area (TPSA) is 108 Å². The molecule has 0 aromatic carbocycles. The fraction of sp³-hybridized carbons (Fsp3) is 0.545. The molecule has 0 amide bonds. The highest BCUT2D eigenvalue weighted by Gasteiger charge is 2.24. The number of phosphoric acid groups is 1. The molecule has 8 nitrogen and oxygen atoms in total. The van der Waals surface area contributed by atoms with Gasteiger partial charge in [0.25, 0.3) is 0 Å². The van der Waals surface area contributed by atoms with Crippen LogP contribution in [-0.2, 0) is 32.7 Å². The smallest absolute Gasteiger partial charge is 0.462 e. The molecule has 0 heterocycles. The second-order valence-corrected chi connectivity index (χ2v) is 13.9. The van der Waals surface area contributed by atoms with Gasteiger partial charge in [-0.15, -0.1) is 0 Å². The predicted molar refractivity (Wildman–Crippen MR) is 220 cm³/mol. The van der Waals surface area contributed by atoms with E-state index in [9.17, 15) is 19.0 Å². The van der Waals surface area contributed by atoms with E-state index in [4.69, 9.17) is 14.0 Å². The van der Waals surface area contributed by atoms with Gasteiger partial charge in [-0.1, -0.05) is 149 Å². The summed E-state index contributed by atoms with van der Waals surface area (Å²) in [5.74, 6) is -0.981. The van der Waals surface area contributed by atoms with Crippen molar-refractivity contribution in [3.63, 3.8) is 0 Å². The lowest BCUT2D eigenvalue weighted by Gasteiger charge is -2.19. The molecule has 0 radical (unpaired) electrons. The molecule has 0 bridgehead atoms. The zero-order valence-corrected chi connectivity index (χ0v) is 33.8. The lowest BCUT2D eigenvalue weighted by atomic mass is 10.1. The number of ether oxygens (including phenoxy) is 2. The predicted octanol–water partition coefficient (Wildman–Crippen LogP) is 12.3. The molecular weight excluding hydrogens is 687 g/mol. The zero-order chi connectivity index (χ0) is 38.9. The van der Waals surface area contributed by atoms with Gasteiger partial charge >= 0.3 is 19.8 Å². The Morgan fingerprint density at radius 1 is 0.547 bits per heavy atom. The lowest BCUT2D eigenvalue weighted by Crippen LogP contribution is -2.29. The molecule has 0 fully saturated rings. The molecule has 1 N–H and O–H groups in total. The Labute approximate surface area is 321 Å². The molecular formula is C44H69O8P. The fourth-order valence-corrected chi connectivity index (χ4v) is 5.06. The van der Waals surface area contributed by atoms with Gasteiger partial charge < -0.3 is 14.4 Å². The summed E-state index contributed by atoms with van der Waals surface area (Å²) in [6, 6.07) is 0. The van der Waals surface area contributed by atoms with Crippen molar-refractivity contribution in [1.29, 1.82) is 0 Å². The van der Waals surface area contributed by atoms with Gasteiger partial charge in [0, 0.05) is 13.5 Å². The minimum Gasteiger partial charge on any atom is -0.462 e. The van der Waals surface area contributed by atoms with E-state index in [0.717, 1.165) is 97.0 Å². The van der Waals surface area contributed by atoms with E-state index in [1.54, 1.807) is 6.08 Å². The van der Waals surface area contributed by atoms with Crippen molar-refractivity contribution < 1.29 is 37.6 Å². The maximum Gasteiger partial charge on any atom is 0.472 e. The Hall–Kier alpha value is -3.29. The number of allylic oxidation sites excluding steroid dienone is 17. The monoisotopic (exact) mass is 756 g/mol. The Bertz CT molecular complexity index is 1220. The van der Waals surface area contributed by atoms with Crippen molar-refractivity contribution in [1.82, 2.24) is 0 Å². The number of carbonyl (C=O) groups is 2. The average Bonchev–Trinajstić information content (AvgIpc) is 3.15. The second-order valence-electron chi connectivity index (χ2n) is 12.3. The average molecular weight is 757 g/mol. The molecule has 0 aromatic heterocycles. The van der Waals surface area contributed by atoms with E-state index in [1.807, 2.05) is 12.2 Å². The maximum atomic E-state index is 12.4. The van der Waals surface area contributed by atoms with Gasteiger partial charge in [0.1, 0.15) is 6.61 Å². The third-order valence-electron chi connectivity index (χ3n) is 7.55. The molecule has 2 atom stereocenters. The SMILES string of the molecule is CC/C=C\C/C=C\C/C=C\C/C=C\C/C=C\CC(=O)OC(COC(=O)CCCCCCCC/C=C\C/C=C\C/C=C\C/C=C\CC)COP(=O)(O)OC. The number of phosphoric ester groups is 1. The van der Waals surface area contributed by atoms with Crippen LogP contribution in [0.25, 0.3) is 0 Å². The summed E-state index contributed by atoms with van der Waals surface area (Å²) < 4.78 is 31.8. The minimum atomic E-state index is -4.30. The van der Waals surface area contributed by atoms with Crippen molar-refractivity contribution in [2.75, 3.05) is 20.3 Å². The first-order valence-electron chi connectivity index (χ1n) is 19.6. The van der Waals surface area contributed by atoms with Gasteiger partial charge in [-0.2, -0.15) is 0 Å². The summed E-state index contributed by atoms with van der Waals surface area (Å²) in [5.41, 5.74) is 0. The molecule has 9 heteroatoms. The highest BCUT2D eigenvalue weighted by atomic mass is 31.2. The number of rotatable bonds is 34. The van der Waals surface area contributed by atoms with Crippen LogP contribution in [0.4, 0.5) is 0 Å². The van der Waals surface area contributed by atoms with Crippen molar-refractivity contribution in [3.05, 3.63) is 109 Å². The third kappa shape index (κ3) is 38.3. The number of hydrogen-bond donors (Lipinski definition) is 1. The zero-order valence-electron chi connectivity index (χ0n) is 32.9. The van der Waals surface area contributed by atoms with Crippen LogP contribution in [0.1, 0.15) is 129 Å². The second kappa shape index (κ2) is 38.4. The van der Waals surface area contributed by atoms with Crippen LogP contribution < -0.4 is 0 Å². The summed E-state index contributed by atoms with van der Waals surface area (Å²) in [6.45, 7) is 3.54. The molecule has 0 aliphatic rings. The summed E-state index contributed by atoms with van der Waals surface area (Å²) >= 11 is 0. The molecule has 53 heavy (non-hydrogen) atoms. The first-order chi connectivity index (χ1) is 25.8. The Morgan fingerprint density at radius 3 is 1.43 bits per heavy atom. The highest BCUT2D eigenvalue weighted by molar-refractivity contribution is 7.47. The third-order valence-corrected chi connectivity index (χ3v) is 8.48. The lowest BCUT2D eigenvalue weighted by molar-refractivity contribution is -0.160. The maximum absolute atomic E-state index is 12.4. The van der Waals surface area contributed by atoms with Gasteiger partial charge in [-0.25, -0.2) is 4.57 Å². The molecule has 0 rings (SSSR count). The first-order valence-corrected chi connectivity index (χ1v) is 21.1. The number of unbranched alkanes of at least 4 members (excludes halogenated alkanes) is 6. The van der Waals surface area contributed by atoms with Crippen LogP contribution >= 0.6 is 7.82 Å². The molecule has 0 aliphatic carbocycles. The molecule has 0 spiro atoms. The molecule has 0 aliphatic heterocycles. The highest BCUT2D eigenvalue weighted by Crippen LogP contribution is 2.42. The summed E-state index contributed by atoms with van der Waals surface area (Å²) in [4.78, 5) is 34.3. The van der Waals surface area contributed by atoms with E-state index >= 15 is 0 Å². The molecule has 298 valence electrons. The van der Waals surface area contributed by atoms with E-state index in [0.29, 0.717) is 12.8 Å². The Balaban J connectivity index is 4.21. The molecule has 0 aromatic rings. The van der Waals surface area contributed by atoms with Crippen LogP contribution in [0.5, 0.6) is 0 Å². The minimum absolute atomic E-state index is 0.00245. The number of hydrogen-bond acceptors (Lipinski definition) is 7. The van der Waals surface area contributed by atoms with Gasteiger partial charge in [0.15, 0.2) is 6.10 Å². The van der Waals surface area contributed by atoms with Gasteiger partial charge in [-0.3, -0.25) is 18.6 Å². The largest absolute Gasteiger partial charge is 0.472 e. The van der Waals surface area contributed by atoms with E-state index in [1.165, 1.54) is 0 Å². The van der Waals surface area contributed by atoms with Crippen LogP contribution in [0, 0.1) is 0 Å². The van der Waals surface area contributed by atoms with Crippen molar-refractivity contribution in [2.45, 2.75) is 136 Å². The summed E-state index contributed by atoms with van der Waals surface area (Å²) in [6.07, 6.45) is 53.1. The molecule has 2 unspecified atom stereocenters. The van der Waals surface area contributed by atoms with Crippen molar-refractivity contribution in [2.24, 2.45) is 0 Å². The van der Waals surface area contributed by atoms with Crippen LogP contribution in [0.15, 0.2) is 109 Å². The van der Waals surface area contributed by atoms with Crippen LogP contribution in [0.2, 0.25) is 0 Å². The quantitative estimate of drug-likeness (QED) is 0.0299. The Morgan fingerprint density at radius 2 is 0.962 bits per heavy atom. The first kappa shape index (κ1) is 49.7. The van der Waals surface area contributed by atoms with Crippen molar-refractivity contribution >= 4 is 19.8 Å². The fourth-order valence-electron chi connectivity index (χ4n) is 4.60. The van der Waals surface area contributed by atoms with E-state index in [-0.39, 0.29) is 19.4 Å². The molecule has 0 saturated heterocycles. The van der Waals surface area contributed by atoms with Gasteiger partial charge in [0.2, 0.25) is 0 Å². The number of esters is 2. The number of carbonyl (C=O) groups excluding carboxylic acids is 2. The van der Waals surface area contributed by atoms with Gasteiger partial charge in [0.05, 0.1) is 13.0 Å². The van der Waals surface area contributed by atoms with E-state index < -0.39 is 32.5 Å². The standard InChI is InChI=1S/C44H69O8P/c1-4-6-8-10-12-14-16-18-20-21-22-23-25-26-28-30-32-34-36-38-43(45)50-40-42(41-51-53(47,48)49-3)52-44(46)39-37-35-33-31-29-27-24-19-17-15-13-11-9-7-5-2/h6-9,12-15,18-20,22-24,29,31,35,37,42H,4-5,10-11,16-17,21,25-28,30,32-34,36,38-41H2,1-3H3,(H,47,48)/b8-6-,9-7-,14-12-,15-13-,20-18-,23-22-,24-19-,31-29-,37-35-. The normalized spacial score (nSPS) is 14.6. The Kier molecular flexibility index (Phi) is 36.0. The van der Waals surface area contributed by atoms with Crippen molar-refractivity contribution in [3.8, 4) is 0 Å². The summed E-state index contributed by atoms with van der Waals surface area (Å²) in [7, 11) is -3.26. The molecule has 0 saturated carbocycles.